The van der Waals surface area contributed by atoms with Crippen molar-refractivity contribution >= 4 is 18.0 Å². The Morgan fingerprint density at radius 1 is 1.25 bits per heavy atom. The van der Waals surface area contributed by atoms with Gasteiger partial charge in [-0.2, -0.15) is 0 Å². The van der Waals surface area contributed by atoms with Crippen LogP contribution in [0, 0.1) is 11.6 Å². The molecule has 0 radical (unpaired) electrons. The number of carbonyl (C=O) groups is 2. The largest absolute Gasteiger partial charge is 0.478 e. The van der Waals surface area contributed by atoms with Gasteiger partial charge in [-0.05, 0) is 23.8 Å². The molecule has 0 fully saturated rings. The van der Waals surface area contributed by atoms with Crippen LogP contribution in [-0.2, 0) is 4.79 Å². The fourth-order valence-corrected chi connectivity index (χ4v) is 1.06. The number of benzene rings is 1. The van der Waals surface area contributed by atoms with Crippen LogP contribution in [0.5, 0.6) is 0 Å². The zero-order valence-corrected chi connectivity index (χ0v) is 7.91. The molecule has 16 heavy (non-hydrogen) atoms. The van der Waals surface area contributed by atoms with Gasteiger partial charge in [-0.3, -0.25) is 4.79 Å². The van der Waals surface area contributed by atoms with E-state index in [0.717, 1.165) is 12.2 Å². The number of halogens is 2. The Morgan fingerprint density at radius 3 is 2.31 bits per heavy atom. The fraction of sp³-hybridized carbons (Fsp3) is 0. The first-order valence-corrected chi connectivity index (χ1v) is 4.11. The lowest BCUT2D eigenvalue weighted by molar-refractivity contribution is -0.113. The highest BCUT2D eigenvalue weighted by atomic mass is 19.2. The third-order valence-electron chi connectivity index (χ3n) is 1.75. The van der Waals surface area contributed by atoms with Gasteiger partial charge in [0.15, 0.2) is 11.6 Å². The molecule has 1 aromatic rings. The van der Waals surface area contributed by atoms with Crippen LogP contribution < -0.4 is 5.73 Å². The quantitative estimate of drug-likeness (QED) is 0.760. The fourth-order valence-electron chi connectivity index (χ4n) is 1.06. The number of carbonyl (C=O) groups excluding carboxylic acids is 1. The second-order valence-corrected chi connectivity index (χ2v) is 2.89. The Morgan fingerprint density at radius 2 is 1.81 bits per heavy atom. The number of carboxylic acids is 1. The standard InChI is InChI=1S/C10H7F2NO3/c11-7-3-5(1-2-9(13)14)6(10(15)16)4-8(7)12/h1-4H,(H2,13,14)(H,15,16). The predicted octanol–water partition coefficient (Wildman–Crippen LogP) is 1.16. The lowest BCUT2D eigenvalue weighted by Crippen LogP contribution is -2.06. The molecule has 0 atom stereocenters. The SMILES string of the molecule is NC(=O)C=Cc1cc(F)c(F)cc1C(=O)O. The maximum atomic E-state index is 12.8. The van der Waals surface area contributed by atoms with Crippen LogP contribution in [-0.4, -0.2) is 17.0 Å². The molecule has 0 unspecified atom stereocenters. The number of amides is 1. The average molecular weight is 227 g/mol. The van der Waals surface area contributed by atoms with E-state index >= 15 is 0 Å². The summed E-state index contributed by atoms with van der Waals surface area (Å²) < 4.78 is 25.6. The Kier molecular flexibility index (Phi) is 3.34. The number of hydrogen-bond donors (Lipinski definition) is 2. The van der Waals surface area contributed by atoms with Gasteiger partial charge in [0.1, 0.15) is 0 Å². The normalized spacial score (nSPS) is 10.6. The molecule has 0 heterocycles. The molecule has 6 heteroatoms. The van der Waals surface area contributed by atoms with Gasteiger partial charge in [0.05, 0.1) is 5.56 Å². The van der Waals surface area contributed by atoms with Crippen molar-refractivity contribution in [3.8, 4) is 0 Å². The Bertz CT molecular complexity index is 483. The topological polar surface area (TPSA) is 80.4 Å². The van der Waals surface area contributed by atoms with Gasteiger partial charge < -0.3 is 10.8 Å². The molecule has 4 nitrogen and oxygen atoms in total. The van der Waals surface area contributed by atoms with Gasteiger partial charge in [0.2, 0.25) is 5.91 Å². The van der Waals surface area contributed by atoms with E-state index in [2.05, 4.69) is 0 Å². The minimum atomic E-state index is -1.43. The van der Waals surface area contributed by atoms with Crippen LogP contribution in [0.1, 0.15) is 15.9 Å². The number of primary amides is 1. The van der Waals surface area contributed by atoms with Crippen LogP contribution in [0.15, 0.2) is 18.2 Å². The van der Waals surface area contributed by atoms with E-state index in [4.69, 9.17) is 10.8 Å². The molecule has 0 saturated heterocycles. The second-order valence-electron chi connectivity index (χ2n) is 2.89. The van der Waals surface area contributed by atoms with Crippen molar-refractivity contribution in [2.45, 2.75) is 0 Å². The van der Waals surface area contributed by atoms with Gasteiger partial charge in [-0.25, -0.2) is 13.6 Å². The summed E-state index contributed by atoms with van der Waals surface area (Å²) in [5.74, 6) is -4.72. The van der Waals surface area contributed by atoms with Gasteiger partial charge in [0.25, 0.3) is 0 Å². The first-order chi connectivity index (χ1) is 7.41. The zero-order chi connectivity index (χ0) is 12.3. The molecule has 0 aliphatic heterocycles. The van der Waals surface area contributed by atoms with E-state index in [9.17, 15) is 18.4 Å². The summed E-state index contributed by atoms with van der Waals surface area (Å²) in [6, 6.07) is 1.22. The lowest BCUT2D eigenvalue weighted by Gasteiger charge is -2.02. The molecular formula is C10H7F2NO3. The van der Waals surface area contributed by atoms with Crippen molar-refractivity contribution in [1.82, 2.24) is 0 Å². The van der Waals surface area contributed by atoms with Gasteiger partial charge >= 0.3 is 5.97 Å². The first kappa shape index (κ1) is 11.8. The number of rotatable bonds is 3. The molecule has 0 aliphatic rings. The van der Waals surface area contributed by atoms with Crippen LogP contribution in [0.2, 0.25) is 0 Å². The summed E-state index contributed by atoms with van der Waals surface area (Å²) in [5, 5.41) is 8.71. The number of aromatic carboxylic acids is 1. The Balaban J connectivity index is 3.30. The van der Waals surface area contributed by atoms with E-state index in [0.29, 0.717) is 12.1 Å². The van der Waals surface area contributed by atoms with E-state index < -0.39 is 29.1 Å². The molecule has 0 saturated carbocycles. The maximum absolute atomic E-state index is 12.8. The first-order valence-electron chi connectivity index (χ1n) is 4.11. The van der Waals surface area contributed by atoms with Gasteiger partial charge in [-0.1, -0.05) is 0 Å². The minimum absolute atomic E-state index is 0.134. The van der Waals surface area contributed by atoms with Crippen LogP contribution in [0.3, 0.4) is 0 Å². The van der Waals surface area contributed by atoms with Crippen LogP contribution in [0.4, 0.5) is 8.78 Å². The van der Waals surface area contributed by atoms with E-state index in [-0.39, 0.29) is 5.56 Å². The maximum Gasteiger partial charge on any atom is 0.336 e. The molecule has 0 aliphatic carbocycles. The Labute approximate surface area is 89.0 Å². The molecule has 0 bridgehead atoms. The van der Waals surface area contributed by atoms with Crippen molar-refractivity contribution in [3.05, 3.63) is 41.0 Å². The van der Waals surface area contributed by atoms with E-state index in [1.54, 1.807) is 0 Å². The predicted molar refractivity (Wildman–Crippen MR) is 51.5 cm³/mol. The molecule has 3 N–H and O–H groups in total. The van der Waals surface area contributed by atoms with Crippen molar-refractivity contribution < 1.29 is 23.5 Å². The summed E-state index contributed by atoms with van der Waals surface area (Å²) in [6.45, 7) is 0. The summed E-state index contributed by atoms with van der Waals surface area (Å²) >= 11 is 0. The molecule has 1 rings (SSSR count). The monoisotopic (exact) mass is 227 g/mol. The summed E-state index contributed by atoms with van der Waals surface area (Å²) in [5.41, 5.74) is 4.21. The number of nitrogens with two attached hydrogens (primary N) is 1. The molecular weight excluding hydrogens is 220 g/mol. The molecule has 1 amide bonds. The van der Waals surface area contributed by atoms with Crippen molar-refractivity contribution in [2.24, 2.45) is 5.73 Å². The third-order valence-corrected chi connectivity index (χ3v) is 1.75. The molecule has 0 spiro atoms. The highest BCUT2D eigenvalue weighted by molar-refractivity contribution is 5.95. The second kappa shape index (κ2) is 4.52. The van der Waals surface area contributed by atoms with E-state index in [1.165, 1.54) is 0 Å². The van der Waals surface area contributed by atoms with Crippen molar-refractivity contribution in [3.63, 3.8) is 0 Å². The van der Waals surface area contributed by atoms with Crippen LogP contribution in [0.25, 0.3) is 6.08 Å². The number of carboxylic acid groups (broad SMARTS) is 1. The number of hydrogen-bond acceptors (Lipinski definition) is 2. The summed E-state index contributed by atoms with van der Waals surface area (Å²) in [6.07, 6.45) is 1.87. The average Bonchev–Trinajstić information content (AvgIpc) is 2.18. The molecule has 1 aromatic carbocycles. The molecule has 84 valence electrons. The Hall–Kier alpha value is -2.24. The van der Waals surface area contributed by atoms with Gasteiger partial charge in [0, 0.05) is 6.08 Å². The summed E-state index contributed by atoms with van der Waals surface area (Å²) in [7, 11) is 0. The highest BCUT2D eigenvalue weighted by Gasteiger charge is 2.13. The lowest BCUT2D eigenvalue weighted by atomic mass is 10.1. The van der Waals surface area contributed by atoms with Crippen molar-refractivity contribution in [1.29, 1.82) is 0 Å². The molecule has 0 aromatic heterocycles. The van der Waals surface area contributed by atoms with Crippen LogP contribution >= 0.6 is 0 Å². The zero-order valence-electron chi connectivity index (χ0n) is 7.91. The van der Waals surface area contributed by atoms with Gasteiger partial charge in [-0.15, -0.1) is 0 Å². The summed E-state index contributed by atoms with van der Waals surface area (Å²) in [4.78, 5) is 21.1. The smallest absolute Gasteiger partial charge is 0.336 e. The van der Waals surface area contributed by atoms with E-state index in [1.807, 2.05) is 0 Å². The highest BCUT2D eigenvalue weighted by Crippen LogP contribution is 2.16. The third kappa shape index (κ3) is 2.63. The minimum Gasteiger partial charge on any atom is -0.478 e. The van der Waals surface area contributed by atoms with Crippen molar-refractivity contribution in [2.75, 3.05) is 0 Å².